The summed E-state index contributed by atoms with van der Waals surface area (Å²) in [5, 5.41) is 4.68. The summed E-state index contributed by atoms with van der Waals surface area (Å²) in [6.45, 7) is 0.519. The molecule has 2 heterocycles. The van der Waals surface area contributed by atoms with Gasteiger partial charge >= 0.3 is 0 Å². The third-order valence-corrected chi connectivity index (χ3v) is 5.39. The molecule has 7 heteroatoms. The smallest absolute Gasteiger partial charge is 0.264 e. The Morgan fingerprint density at radius 3 is 2.76 bits per heavy atom. The molecule has 2 N–H and O–H groups in total. The van der Waals surface area contributed by atoms with Gasteiger partial charge in [-0.1, -0.05) is 24.3 Å². The van der Waals surface area contributed by atoms with Crippen molar-refractivity contribution in [2.75, 3.05) is 12.3 Å². The lowest BCUT2D eigenvalue weighted by atomic mass is 10.3. The lowest BCUT2D eigenvalue weighted by Crippen LogP contribution is -2.31. The van der Waals surface area contributed by atoms with Gasteiger partial charge in [0.05, 0.1) is 4.88 Å². The minimum atomic E-state index is -0.422. The van der Waals surface area contributed by atoms with E-state index in [1.54, 1.807) is 11.8 Å². The van der Waals surface area contributed by atoms with Crippen molar-refractivity contribution in [3.63, 3.8) is 0 Å². The Morgan fingerprint density at radius 1 is 1.20 bits per heavy atom. The zero-order valence-electron chi connectivity index (χ0n) is 13.4. The Hall–Kier alpha value is -2.38. The fourth-order valence-corrected chi connectivity index (χ4v) is 3.72. The number of hydrogen-bond acceptors (Lipinski definition) is 5. The lowest BCUT2D eigenvalue weighted by Gasteiger charge is -2.05. The van der Waals surface area contributed by atoms with E-state index in [0.29, 0.717) is 12.4 Å². The lowest BCUT2D eigenvalue weighted by molar-refractivity contribution is 0.0952. The molecule has 0 unspecified atom stereocenters. The topological polar surface area (TPSA) is 74.8 Å². The van der Waals surface area contributed by atoms with Gasteiger partial charge in [0.15, 0.2) is 0 Å². The third kappa shape index (κ3) is 4.80. The van der Waals surface area contributed by atoms with Gasteiger partial charge in [-0.25, -0.2) is 4.98 Å². The van der Waals surface area contributed by atoms with E-state index in [0.717, 1.165) is 17.1 Å². The maximum Gasteiger partial charge on any atom is 0.264 e. The highest BCUT2D eigenvalue weighted by Crippen LogP contribution is 2.19. The van der Waals surface area contributed by atoms with Gasteiger partial charge in [0.2, 0.25) is 0 Å². The van der Waals surface area contributed by atoms with E-state index in [2.05, 4.69) is 27.4 Å². The number of H-pyrrole nitrogens is 1. The number of nitrogens with one attached hydrogen (secondary N) is 2. The van der Waals surface area contributed by atoms with Crippen LogP contribution >= 0.6 is 23.1 Å². The molecule has 0 radical (unpaired) electrons. The molecule has 0 bridgehead atoms. The van der Waals surface area contributed by atoms with E-state index in [4.69, 9.17) is 0 Å². The highest BCUT2D eigenvalue weighted by molar-refractivity contribution is 7.99. The van der Waals surface area contributed by atoms with Crippen molar-refractivity contribution in [2.24, 2.45) is 0 Å². The summed E-state index contributed by atoms with van der Waals surface area (Å²) >= 11 is 3.22. The van der Waals surface area contributed by atoms with Crippen molar-refractivity contribution in [1.82, 2.24) is 15.3 Å². The molecular formula is C18H17N3O2S2. The SMILES string of the molecule is O=C(NCCCSc1ccccc1)c1cnc(-c2cccs2)[nH]c1=O. The Balaban J connectivity index is 1.49. The average molecular weight is 371 g/mol. The molecule has 3 aromatic rings. The predicted molar refractivity (Wildman–Crippen MR) is 102 cm³/mol. The second-order valence-electron chi connectivity index (χ2n) is 5.22. The average Bonchev–Trinajstić information content (AvgIpc) is 3.17. The fraction of sp³-hybridized carbons (Fsp3) is 0.167. The van der Waals surface area contributed by atoms with Crippen LogP contribution in [0.25, 0.3) is 10.7 Å². The zero-order chi connectivity index (χ0) is 17.5. The second-order valence-corrected chi connectivity index (χ2v) is 7.34. The van der Waals surface area contributed by atoms with E-state index >= 15 is 0 Å². The zero-order valence-corrected chi connectivity index (χ0v) is 15.0. The van der Waals surface area contributed by atoms with Crippen molar-refractivity contribution in [2.45, 2.75) is 11.3 Å². The fourth-order valence-electron chi connectivity index (χ4n) is 2.17. The quantitative estimate of drug-likeness (QED) is 0.493. The van der Waals surface area contributed by atoms with Crippen molar-refractivity contribution in [3.05, 3.63) is 70.0 Å². The van der Waals surface area contributed by atoms with Gasteiger partial charge < -0.3 is 10.3 Å². The molecule has 0 fully saturated rings. The highest BCUT2D eigenvalue weighted by Gasteiger charge is 2.12. The standard InChI is InChI=1S/C18H17N3O2S2/c22-17(19-9-5-11-24-13-6-2-1-3-7-13)14-12-20-16(21-18(14)23)15-8-4-10-25-15/h1-4,6-8,10,12H,5,9,11H2,(H,19,22)(H,20,21,23). The minimum Gasteiger partial charge on any atom is -0.352 e. The molecule has 2 aromatic heterocycles. The van der Waals surface area contributed by atoms with Crippen LogP contribution in [0.1, 0.15) is 16.8 Å². The van der Waals surface area contributed by atoms with Gasteiger partial charge in [0, 0.05) is 17.6 Å². The van der Waals surface area contributed by atoms with Crippen molar-refractivity contribution in [1.29, 1.82) is 0 Å². The summed E-state index contributed by atoms with van der Waals surface area (Å²) in [5.41, 5.74) is -0.384. The first-order valence-electron chi connectivity index (χ1n) is 7.83. The van der Waals surface area contributed by atoms with Gasteiger partial charge in [-0.15, -0.1) is 23.1 Å². The van der Waals surface area contributed by atoms with E-state index in [-0.39, 0.29) is 5.56 Å². The number of thiophene rings is 1. The summed E-state index contributed by atoms with van der Waals surface area (Å²) in [6.07, 6.45) is 2.16. The molecule has 0 aliphatic carbocycles. The maximum absolute atomic E-state index is 12.1. The van der Waals surface area contributed by atoms with Crippen LogP contribution < -0.4 is 10.9 Å². The summed E-state index contributed by atoms with van der Waals surface area (Å²) in [7, 11) is 0. The van der Waals surface area contributed by atoms with Crippen molar-refractivity contribution >= 4 is 29.0 Å². The number of amides is 1. The molecule has 0 aliphatic rings. The number of benzene rings is 1. The van der Waals surface area contributed by atoms with Gasteiger partial charge in [0.25, 0.3) is 11.5 Å². The summed E-state index contributed by atoms with van der Waals surface area (Å²) in [6, 6.07) is 13.9. The van der Waals surface area contributed by atoms with Gasteiger partial charge in [-0.3, -0.25) is 9.59 Å². The number of thioether (sulfide) groups is 1. The van der Waals surface area contributed by atoms with Crippen LogP contribution in [-0.4, -0.2) is 28.2 Å². The molecule has 1 aromatic carbocycles. The molecular weight excluding hydrogens is 354 g/mol. The predicted octanol–water partition coefficient (Wildman–Crippen LogP) is 3.41. The number of aromatic nitrogens is 2. The molecule has 25 heavy (non-hydrogen) atoms. The third-order valence-electron chi connectivity index (χ3n) is 3.42. The van der Waals surface area contributed by atoms with Gasteiger partial charge in [-0.2, -0.15) is 0 Å². The number of hydrogen-bond donors (Lipinski definition) is 2. The number of nitrogens with zero attached hydrogens (tertiary/aromatic N) is 1. The van der Waals surface area contributed by atoms with Crippen LogP contribution in [0.15, 0.2) is 63.7 Å². The molecule has 0 atom stereocenters. The van der Waals surface area contributed by atoms with Crippen LogP contribution in [0.5, 0.6) is 0 Å². The number of carbonyl (C=O) groups is 1. The monoisotopic (exact) mass is 371 g/mol. The van der Waals surface area contributed by atoms with Crippen LogP contribution in [0.3, 0.4) is 0 Å². The summed E-state index contributed by atoms with van der Waals surface area (Å²) in [5.74, 6) is 0.989. The number of rotatable bonds is 7. The largest absolute Gasteiger partial charge is 0.352 e. The van der Waals surface area contributed by atoms with E-state index < -0.39 is 11.5 Å². The van der Waals surface area contributed by atoms with Crippen molar-refractivity contribution in [3.8, 4) is 10.7 Å². The minimum absolute atomic E-state index is 0.0380. The number of aromatic amines is 1. The van der Waals surface area contributed by atoms with Crippen LogP contribution in [0.2, 0.25) is 0 Å². The van der Waals surface area contributed by atoms with Crippen LogP contribution in [-0.2, 0) is 0 Å². The Labute approximate surface area is 153 Å². The normalized spacial score (nSPS) is 10.6. The molecule has 0 aliphatic heterocycles. The first-order valence-corrected chi connectivity index (χ1v) is 9.70. The van der Waals surface area contributed by atoms with E-state index in [1.807, 2.05) is 35.7 Å². The molecule has 128 valence electrons. The Bertz CT molecular complexity index is 877. The molecule has 3 rings (SSSR count). The maximum atomic E-state index is 12.1. The number of carbonyl (C=O) groups excluding carboxylic acids is 1. The first kappa shape index (κ1) is 17.4. The molecule has 5 nitrogen and oxygen atoms in total. The molecule has 1 amide bonds. The highest BCUT2D eigenvalue weighted by atomic mass is 32.2. The van der Waals surface area contributed by atoms with Gasteiger partial charge in [-0.05, 0) is 35.8 Å². The Morgan fingerprint density at radius 2 is 2.04 bits per heavy atom. The van der Waals surface area contributed by atoms with Gasteiger partial charge in [0.1, 0.15) is 11.4 Å². The summed E-state index contributed by atoms with van der Waals surface area (Å²) < 4.78 is 0. The first-order chi connectivity index (χ1) is 12.2. The second kappa shape index (κ2) is 8.64. The molecule has 0 saturated heterocycles. The molecule has 0 saturated carbocycles. The Kier molecular flexibility index (Phi) is 6.03. The van der Waals surface area contributed by atoms with Crippen molar-refractivity contribution < 1.29 is 4.79 Å². The summed E-state index contributed by atoms with van der Waals surface area (Å²) in [4.78, 5) is 33.1. The van der Waals surface area contributed by atoms with Crippen LogP contribution in [0, 0.1) is 0 Å². The van der Waals surface area contributed by atoms with E-state index in [9.17, 15) is 9.59 Å². The molecule has 0 spiro atoms. The van der Waals surface area contributed by atoms with Crippen LogP contribution in [0.4, 0.5) is 0 Å². The van der Waals surface area contributed by atoms with E-state index in [1.165, 1.54) is 22.4 Å².